The van der Waals surface area contributed by atoms with Gasteiger partial charge in [-0.3, -0.25) is 9.69 Å². The number of allylic oxidation sites excluding steroid dienone is 1. The van der Waals surface area contributed by atoms with Crippen LogP contribution in [0.1, 0.15) is 31.2 Å². The van der Waals surface area contributed by atoms with Crippen LogP contribution in [-0.2, 0) is 11.3 Å². The second kappa shape index (κ2) is 14.8. The van der Waals surface area contributed by atoms with Gasteiger partial charge in [-0.05, 0) is 93.4 Å². The fraction of sp³-hybridized carbons (Fsp3) is 0.382. The number of hydrogen-bond acceptors (Lipinski definition) is 8. The highest BCUT2D eigenvalue weighted by Crippen LogP contribution is 2.26. The molecular formula is C34H42N6O2. The molecule has 2 aliphatic rings. The molecule has 3 aromatic rings. The Morgan fingerprint density at radius 1 is 1.17 bits per heavy atom. The van der Waals surface area contributed by atoms with Crippen molar-refractivity contribution < 1.29 is 9.53 Å². The van der Waals surface area contributed by atoms with Crippen molar-refractivity contribution >= 4 is 23.1 Å². The van der Waals surface area contributed by atoms with Crippen LogP contribution in [0, 0.1) is 5.92 Å². The third-order valence-electron chi connectivity index (χ3n) is 7.81. The van der Waals surface area contributed by atoms with Gasteiger partial charge in [0.25, 0.3) is 0 Å². The molecule has 0 spiro atoms. The molecule has 0 atom stereocenters. The number of piperidine rings is 1. The molecule has 1 aromatic heterocycles. The lowest BCUT2D eigenvalue weighted by molar-refractivity contribution is -0.115. The fourth-order valence-electron chi connectivity index (χ4n) is 5.55. The van der Waals surface area contributed by atoms with E-state index < -0.39 is 0 Å². The highest BCUT2D eigenvalue weighted by atomic mass is 16.5. The van der Waals surface area contributed by atoms with Gasteiger partial charge in [0.2, 0.25) is 5.95 Å². The number of likely N-dealkylation sites (N-methyl/N-ethyl adjacent to an activating group) is 1. The summed E-state index contributed by atoms with van der Waals surface area (Å²) in [7, 11) is 2.14. The lowest BCUT2D eigenvalue weighted by Crippen LogP contribution is -2.37. The largest absolute Gasteiger partial charge is 0.493 e. The molecule has 8 heteroatoms. The van der Waals surface area contributed by atoms with Gasteiger partial charge < -0.3 is 20.3 Å². The first kappa shape index (κ1) is 29.5. The molecule has 1 saturated heterocycles. The third-order valence-corrected chi connectivity index (χ3v) is 7.81. The number of aromatic nitrogens is 2. The molecule has 0 unspecified atom stereocenters. The van der Waals surface area contributed by atoms with Crippen LogP contribution in [0.2, 0.25) is 0 Å². The van der Waals surface area contributed by atoms with Gasteiger partial charge in [-0.1, -0.05) is 30.9 Å². The van der Waals surface area contributed by atoms with Gasteiger partial charge in [-0.2, -0.15) is 0 Å². The first-order valence-electron chi connectivity index (χ1n) is 15.0. The van der Waals surface area contributed by atoms with Crippen molar-refractivity contribution in [1.29, 1.82) is 0 Å². The molecule has 5 rings (SSSR count). The quantitative estimate of drug-likeness (QED) is 0.269. The Labute approximate surface area is 249 Å². The zero-order chi connectivity index (χ0) is 29.1. The summed E-state index contributed by atoms with van der Waals surface area (Å²) < 4.78 is 5.98. The molecule has 0 saturated carbocycles. The van der Waals surface area contributed by atoms with E-state index in [9.17, 15) is 4.79 Å². The summed E-state index contributed by atoms with van der Waals surface area (Å²) in [5.41, 5.74) is 5.05. The zero-order valence-corrected chi connectivity index (χ0v) is 24.6. The van der Waals surface area contributed by atoms with Gasteiger partial charge in [0, 0.05) is 55.7 Å². The maximum absolute atomic E-state index is 11.7. The average Bonchev–Trinajstić information content (AvgIpc) is 2.99. The molecule has 6 bridgehead atoms. The Bertz CT molecular complexity index is 1380. The number of fused-ring (bicyclic) bond motifs is 7. The summed E-state index contributed by atoms with van der Waals surface area (Å²) in [5, 5.41) is 7.10. The Morgan fingerprint density at radius 2 is 2.05 bits per heavy atom. The highest BCUT2D eigenvalue weighted by molar-refractivity contribution is 5.89. The number of ether oxygens (including phenoxy) is 1. The van der Waals surface area contributed by atoms with Crippen molar-refractivity contribution in [2.24, 2.45) is 5.92 Å². The molecule has 2 N–H and O–H groups in total. The third kappa shape index (κ3) is 8.74. The smallest absolute Gasteiger partial charge is 0.227 e. The minimum absolute atomic E-state index is 0.163. The average molecular weight is 567 g/mol. The molecule has 2 aromatic carbocycles. The van der Waals surface area contributed by atoms with Crippen molar-refractivity contribution in [3.63, 3.8) is 0 Å². The maximum Gasteiger partial charge on any atom is 0.227 e. The van der Waals surface area contributed by atoms with Gasteiger partial charge in [0.05, 0.1) is 12.3 Å². The Morgan fingerprint density at radius 3 is 2.90 bits per heavy atom. The van der Waals surface area contributed by atoms with Crippen LogP contribution < -0.4 is 15.4 Å². The molecule has 8 nitrogen and oxygen atoms in total. The van der Waals surface area contributed by atoms with Crippen molar-refractivity contribution in [2.75, 3.05) is 57.0 Å². The SMILES string of the molecule is C=CC(=O)CC1CCN(CCNc2cc3cc(c2)Nc2nccc(n2)-c2cccc(c2)OCC/C=C/CN(C)C3)CC1. The van der Waals surface area contributed by atoms with E-state index in [1.54, 1.807) is 6.20 Å². The van der Waals surface area contributed by atoms with Gasteiger partial charge >= 0.3 is 0 Å². The number of benzene rings is 2. The van der Waals surface area contributed by atoms with Crippen LogP contribution >= 0.6 is 0 Å². The molecule has 0 aliphatic carbocycles. The van der Waals surface area contributed by atoms with Crippen LogP contribution in [0.5, 0.6) is 5.75 Å². The summed E-state index contributed by atoms with van der Waals surface area (Å²) in [5.74, 6) is 2.04. The normalized spacial score (nSPS) is 17.6. The van der Waals surface area contributed by atoms with Crippen LogP contribution in [-0.4, -0.2) is 71.9 Å². The number of ketones is 1. The van der Waals surface area contributed by atoms with Crippen molar-refractivity contribution in [2.45, 2.75) is 32.2 Å². The second-order valence-corrected chi connectivity index (χ2v) is 11.2. The van der Waals surface area contributed by atoms with E-state index in [1.165, 1.54) is 11.6 Å². The molecular weight excluding hydrogens is 524 g/mol. The van der Waals surface area contributed by atoms with Crippen LogP contribution in [0.25, 0.3) is 11.3 Å². The van der Waals surface area contributed by atoms with Gasteiger partial charge in [0.1, 0.15) is 5.75 Å². The molecule has 0 radical (unpaired) electrons. The topological polar surface area (TPSA) is 82.6 Å². The molecule has 3 heterocycles. The van der Waals surface area contributed by atoms with Crippen molar-refractivity contribution in [1.82, 2.24) is 19.8 Å². The van der Waals surface area contributed by atoms with Crippen molar-refractivity contribution in [3.05, 3.63) is 85.1 Å². The van der Waals surface area contributed by atoms with E-state index >= 15 is 0 Å². The van der Waals surface area contributed by atoms with Gasteiger partial charge in [-0.15, -0.1) is 0 Å². The zero-order valence-electron chi connectivity index (χ0n) is 24.6. The summed E-state index contributed by atoms with van der Waals surface area (Å²) in [4.78, 5) is 25.8. The van der Waals surface area contributed by atoms with E-state index in [0.29, 0.717) is 24.9 Å². The minimum Gasteiger partial charge on any atom is -0.493 e. The Kier molecular flexibility index (Phi) is 10.4. The molecule has 0 amide bonds. The fourth-order valence-corrected chi connectivity index (χ4v) is 5.55. The maximum atomic E-state index is 11.7. The number of nitrogens with zero attached hydrogens (tertiary/aromatic N) is 4. The predicted molar refractivity (Wildman–Crippen MR) is 170 cm³/mol. The first-order valence-corrected chi connectivity index (χ1v) is 15.0. The second-order valence-electron chi connectivity index (χ2n) is 11.2. The number of carbonyl (C=O) groups excluding carboxylic acids is 1. The Balaban J connectivity index is 1.29. The standard InChI is InChI=1S/C34H42N6O2/c1-3-31(41)22-26-11-16-40(17-12-26)18-14-35-29-20-27-21-30(24-29)37-34-36-13-10-33(38-34)28-8-7-9-32(23-28)42-19-6-4-5-15-39(2)25-27/h3-5,7-10,13,20-21,23-24,26,35H,1,6,11-12,14-19,22,25H2,2H3,(H,36,37,38)/b5-4+. The van der Waals surface area contributed by atoms with Crippen LogP contribution in [0.4, 0.5) is 17.3 Å². The Hall–Kier alpha value is -4.01. The molecule has 1 fully saturated rings. The first-order chi connectivity index (χ1) is 20.5. The highest BCUT2D eigenvalue weighted by Gasteiger charge is 2.20. The van der Waals surface area contributed by atoms with Crippen molar-refractivity contribution in [3.8, 4) is 17.0 Å². The number of rotatable bonds is 7. The van der Waals surface area contributed by atoms with Gasteiger partial charge in [0.15, 0.2) is 5.78 Å². The van der Waals surface area contributed by atoms with E-state index in [2.05, 4.69) is 69.4 Å². The van der Waals surface area contributed by atoms with E-state index in [0.717, 1.165) is 86.9 Å². The van der Waals surface area contributed by atoms with Crippen LogP contribution in [0.15, 0.2) is 79.5 Å². The van der Waals surface area contributed by atoms with E-state index in [4.69, 9.17) is 9.72 Å². The monoisotopic (exact) mass is 566 g/mol. The van der Waals surface area contributed by atoms with E-state index in [1.807, 2.05) is 30.3 Å². The summed E-state index contributed by atoms with van der Waals surface area (Å²) in [6, 6.07) is 16.5. The van der Waals surface area contributed by atoms with Crippen LogP contribution in [0.3, 0.4) is 0 Å². The number of anilines is 3. The molecule has 220 valence electrons. The van der Waals surface area contributed by atoms with Gasteiger partial charge in [-0.25, -0.2) is 9.97 Å². The predicted octanol–water partition coefficient (Wildman–Crippen LogP) is 5.93. The number of likely N-dealkylation sites (tertiary alicyclic amines) is 1. The number of carbonyl (C=O) groups is 1. The van der Waals surface area contributed by atoms with E-state index in [-0.39, 0.29) is 5.78 Å². The molecule has 42 heavy (non-hydrogen) atoms. The minimum atomic E-state index is 0.163. The number of hydrogen-bond donors (Lipinski definition) is 2. The summed E-state index contributed by atoms with van der Waals surface area (Å²) in [6.45, 7) is 9.79. The molecule has 2 aliphatic heterocycles. The summed E-state index contributed by atoms with van der Waals surface area (Å²) >= 11 is 0. The number of nitrogens with one attached hydrogen (secondary N) is 2. The summed E-state index contributed by atoms with van der Waals surface area (Å²) in [6.07, 6.45) is 11.3. The lowest BCUT2D eigenvalue weighted by Gasteiger charge is -2.31. The lowest BCUT2D eigenvalue weighted by atomic mass is 9.92.